The predicted octanol–water partition coefficient (Wildman–Crippen LogP) is 3.51. The minimum atomic E-state index is -0.653. The van der Waals surface area contributed by atoms with Crippen molar-refractivity contribution in [2.24, 2.45) is 5.92 Å². The molecule has 0 atom stereocenters. The molecule has 0 spiro atoms. The van der Waals surface area contributed by atoms with Gasteiger partial charge < -0.3 is 20.4 Å². The average Bonchev–Trinajstić information content (AvgIpc) is 3.19. The number of nitrogens with zero attached hydrogens (tertiary/aromatic N) is 2. The van der Waals surface area contributed by atoms with Gasteiger partial charge in [0.2, 0.25) is 0 Å². The third-order valence-corrected chi connectivity index (χ3v) is 5.61. The first-order chi connectivity index (χ1) is 14.0. The lowest BCUT2D eigenvalue weighted by Crippen LogP contribution is -2.33. The molecular weight excluding hydrogens is 378 g/mol. The van der Waals surface area contributed by atoms with Crippen LogP contribution >= 0.6 is 0 Å². The van der Waals surface area contributed by atoms with Gasteiger partial charge in [0.05, 0.1) is 30.8 Å². The summed E-state index contributed by atoms with van der Waals surface area (Å²) in [6.07, 6.45) is 2.03. The molecule has 1 fully saturated rings. The molecule has 1 saturated carbocycles. The maximum Gasteiger partial charge on any atom is 0.270 e. The number of H-pyrrole nitrogens is 1. The summed E-state index contributed by atoms with van der Waals surface area (Å²) in [7, 11) is 0. The van der Waals surface area contributed by atoms with Gasteiger partial charge in [-0.3, -0.25) is 4.79 Å². The zero-order valence-corrected chi connectivity index (χ0v) is 15.7. The Kier molecular flexibility index (Phi) is 4.24. The van der Waals surface area contributed by atoms with E-state index in [0.717, 1.165) is 29.5 Å². The Morgan fingerprint density at radius 2 is 1.97 bits per heavy atom. The van der Waals surface area contributed by atoms with Crippen molar-refractivity contribution in [1.29, 1.82) is 0 Å². The fraction of sp³-hybridized carbons (Fsp3) is 0.333. The molecule has 0 radical (unpaired) electrons. The molecule has 5 rings (SSSR count). The summed E-state index contributed by atoms with van der Waals surface area (Å²) < 4.78 is 33.8. The highest BCUT2D eigenvalue weighted by Gasteiger charge is 2.30. The minimum Gasteiger partial charge on any atom is -0.383 e. The van der Waals surface area contributed by atoms with Gasteiger partial charge in [0, 0.05) is 23.2 Å². The molecule has 1 aliphatic heterocycles. The van der Waals surface area contributed by atoms with E-state index in [1.54, 1.807) is 6.07 Å². The zero-order chi connectivity index (χ0) is 20.1. The molecule has 0 bridgehead atoms. The molecule has 2 aliphatic rings. The molecule has 6 nitrogen and oxygen atoms in total. The number of nitrogens with two attached hydrogens (primary N) is 1. The van der Waals surface area contributed by atoms with E-state index in [1.165, 1.54) is 23.1 Å². The van der Waals surface area contributed by atoms with Crippen molar-refractivity contribution < 1.29 is 18.3 Å². The standard InChI is InChI=1S/C21H20F2N4O2/c22-15-2-1-3-16(23)12(15)8-27(7-11-4-5-11)21(28)18-6-17-19(25-18)13-9-29-10-14(13)20(24)26-17/h1-3,6,11,25H,4-5,7-10H2,(H2,24,26). The maximum absolute atomic E-state index is 14.2. The third-order valence-electron chi connectivity index (χ3n) is 5.61. The summed E-state index contributed by atoms with van der Waals surface area (Å²) in [5.74, 6) is -0.862. The Balaban J connectivity index is 1.50. The molecule has 1 aliphatic carbocycles. The van der Waals surface area contributed by atoms with Crippen molar-refractivity contribution in [1.82, 2.24) is 14.9 Å². The third kappa shape index (κ3) is 3.23. The highest BCUT2D eigenvalue weighted by atomic mass is 19.1. The predicted molar refractivity (Wildman–Crippen MR) is 103 cm³/mol. The molecule has 0 unspecified atom stereocenters. The molecule has 3 aromatic rings. The number of anilines is 1. The first-order valence-electron chi connectivity index (χ1n) is 9.61. The molecule has 8 heteroatoms. The number of carbonyl (C=O) groups excluding carboxylic acids is 1. The molecule has 2 aromatic heterocycles. The van der Waals surface area contributed by atoms with E-state index in [-0.39, 0.29) is 18.0 Å². The number of amides is 1. The average molecular weight is 398 g/mol. The van der Waals surface area contributed by atoms with Gasteiger partial charge in [-0.1, -0.05) is 6.07 Å². The number of aromatic amines is 1. The smallest absolute Gasteiger partial charge is 0.270 e. The second-order valence-electron chi connectivity index (χ2n) is 7.72. The molecule has 150 valence electrons. The van der Waals surface area contributed by atoms with Crippen molar-refractivity contribution >= 4 is 22.8 Å². The van der Waals surface area contributed by atoms with E-state index in [4.69, 9.17) is 10.5 Å². The zero-order valence-electron chi connectivity index (χ0n) is 15.7. The molecule has 29 heavy (non-hydrogen) atoms. The fourth-order valence-corrected chi connectivity index (χ4v) is 3.83. The van der Waals surface area contributed by atoms with Crippen LogP contribution < -0.4 is 5.73 Å². The number of halogens is 2. The summed E-state index contributed by atoms with van der Waals surface area (Å²) in [6.45, 7) is 1.13. The summed E-state index contributed by atoms with van der Waals surface area (Å²) >= 11 is 0. The van der Waals surface area contributed by atoms with E-state index < -0.39 is 11.6 Å². The minimum absolute atomic E-state index is 0.103. The number of nitrogens with one attached hydrogen (secondary N) is 1. The first kappa shape index (κ1) is 18.1. The fourth-order valence-electron chi connectivity index (χ4n) is 3.83. The number of fused-ring (bicyclic) bond motifs is 3. The molecule has 3 N–H and O–H groups in total. The lowest BCUT2D eigenvalue weighted by Gasteiger charge is -2.22. The van der Waals surface area contributed by atoms with Gasteiger partial charge in [-0.05, 0) is 37.0 Å². The van der Waals surface area contributed by atoms with Crippen molar-refractivity contribution in [3.63, 3.8) is 0 Å². The normalized spacial score (nSPS) is 15.7. The summed E-state index contributed by atoms with van der Waals surface area (Å²) in [6, 6.07) is 5.37. The van der Waals surface area contributed by atoms with Gasteiger partial charge in [0.25, 0.3) is 5.91 Å². The van der Waals surface area contributed by atoms with Gasteiger partial charge in [-0.25, -0.2) is 13.8 Å². The summed E-state index contributed by atoms with van der Waals surface area (Å²) in [4.78, 5) is 22.3. The number of benzene rings is 1. The summed E-state index contributed by atoms with van der Waals surface area (Å²) in [5, 5.41) is 0. The highest BCUT2D eigenvalue weighted by molar-refractivity contribution is 5.98. The topological polar surface area (TPSA) is 84.2 Å². The largest absolute Gasteiger partial charge is 0.383 e. The number of nitrogen functional groups attached to an aromatic ring is 1. The number of rotatable bonds is 5. The lowest BCUT2D eigenvalue weighted by atomic mass is 10.1. The van der Waals surface area contributed by atoms with Gasteiger partial charge >= 0.3 is 0 Å². The van der Waals surface area contributed by atoms with Crippen LogP contribution in [0.5, 0.6) is 0 Å². The van der Waals surface area contributed by atoms with Gasteiger partial charge in [-0.15, -0.1) is 0 Å². The van der Waals surface area contributed by atoms with Crippen LogP contribution in [0.15, 0.2) is 24.3 Å². The molecule has 1 amide bonds. The van der Waals surface area contributed by atoms with Crippen LogP contribution in [-0.4, -0.2) is 27.3 Å². The Hall–Kier alpha value is -3.00. The Morgan fingerprint density at radius 3 is 2.69 bits per heavy atom. The van der Waals surface area contributed by atoms with Crippen molar-refractivity contribution in [2.75, 3.05) is 12.3 Å². The number of carbonyl (C=O) groups is 1. The molecule has 1 aromatic carbocycles. The monoisotopic (exact) mass is 398 g/mol. The van der Waals surface area contributed by atoms with E-state index >= 15 is 0 Å². The Labute approximate surface area is 165 Å². The number of ether oxygens (including phenoxy) is 1. The number of hydrogen-bond acceptors (Lipinski definition) is 4. The SMILES string of the molecule is Nc1nc2cc(C(=O)N(Cc3c(F)cccc3F)CC3CC3)[nH]c2c2c1COC2. The second-order valence-corrected chi connectivity index (χ2v) is 7.72. The quantitative estimate of drug-likeness (QED) is 0.689. The van der Waals surface area contributed by atoms with Crippen LogP contribution in [-0.2, 0) is 24.5 Å². The van der Waals surface area contributed by atoms with Crippen LogP contribution in [0.2, 0.25) is 0 Å². The van der Waals surface area contributed by atoms with Crippen LogP contribution in [0.25, 0.3) is 11.0 Å². The van der Waals surface area contributed by atoms with Gasteiger partial charge in [-0.2, -0.15) is 0 Å². The summed E-state index contributed by atoms with van der Waals surface area (Å²) in [5.41, 5.74) is 9.27. The van der Waals surface area contributed by atoms with Crippen molar-refractivity contribution in [3.8, 4) is 0 Å². The van der Waals surface area contributed by atoms with Crippen LogP contribution in [0.1, 0.15) is 40.0 Å². The van der Waals surface area contributed by atoms with Crippen molar-refractivity contribution in [3.05, 3.63) is 58.3 Å². The van der Waals surface area contributed by atoms with E-state index in [1.807, 2.05) is 0 Å². The first-order valence-corrected chi connectivity index (χ1v) is 9.61. The molecule has 0 saturated heterocycles. The number of aromatic nitrogens is 2. The van der Waals surface area contributed by atoms with E-state index in [0.29, 0.717) is 42.7 Å². The van der Waals surface area contributed by atoms with E-state index in [2.05, 4.69) is 9.97 Å². The van der Waals surface area contributed by atoms with Gasteiger partial charge in [0.15, 0.2) is 0 Å². The lowest BCUT2D eigenvalue weighted by molar-refractivity contribution is 0.0726. The van der Waals surface area contributed by atoms with Gasteiger partial charge in [0.1, 0.15) is 23.1 Å². The van der Waals surface area contributed by atoms with Crippen LogP contribution in [0.4, 0.5) is 14.6 Å². The number of pyridine rings is 1. The highest BCUT2D eigenvalue weighted by Crippen LogP contribution is 2.33. The maximum atomic E-state index is 14.2. The van der Waals surface area contributed by atoms with Crippen LogP contribution in [0.3, 0.4) is 0 Å². The molecular formula is C21H20F2N4O2. The number of hydrogen-bond donors (Lipinski definition) is 2. The molecule has 3 heterocycles. The second kappa shape index (κ2) is 6.81. The van der Waals surface area contributed by atoms with E-state index in [9.17, 15) is 13.6 Å². The Bertz CT molecular complexity index is 1100. The van der Waals surface area contributed by atoms with Crippen molar-refractivity contribution in [2.45, 2.75) is 32.6 Å². The Morgan fingerprint density at radius 1 is 1.24 bits per heavy atom. The van der Waals surface area contributed by atoms with Crippen LogP contribution in [0, 0.1) is 17.6 Å².